The van der Waals surface area contributed by atoms with Gasteiger partial charge in [0.15, 0.2) is 12.3 Å². The number of methoxy groups -OCH3 is 1. The zero-order chi connectivity index (χ0) is 27.6. The maximum atomic E-state index is 13.4. The summed E-state index contributed by atoms with van der Waals surface area (Å²) in [6.45, 7) is 4.86. The van der Waals surface area contributed by atoms with E-state index in [1.807, 2.05) is 0 Å². The Morgan fingerprint density at radius 1 is 1.03 bits per heavy atom. The molecule has 2 aromatic rings. The lowest BCUT2D eigenvalue weighted by Crippen LogP contribution is -2.51. The van der Waals surface area contributed by atoms with Crippen LogP contribution in [0.3, 0.4) is 0 Å². The monoisotopic (exact) mass is 544 g/mol. The highest BCUT2D eigenvalue weighted by Crippen LogP contribution is 2.38. The first-order chi connectivity index (χ1) is 17.1. The van der Waals surface area contributed by atoms with Gasteiger partial charge in [-0.1, -0.05) is 42.5 Å². The summed E-state index contributed by atoms with van der Waals surface area (Å²) in [6.07, 6.45) is -4.00. The molecule has 1 heterocycles. The minimum Gasteiger partial charge on any atom is -0.497 e. The zero-order valence-electron chi connectivity index (χ0n) is 20.5. The van der Waals surface area contributed by atoms with E-state index in [4.69, 9.17) is 14.2 Å². The molecule has 1 unspecified atom stereocenters. The first kappa shape index (κ1) is 28.3. The fourth-order valence-electron chi connectivity index (χ4n) is 3.71. The highest BCUT2D eigenvalue weighted by atomic mass is 32.2. The second-order valence-electron chi connectivity index (χ2n) is 9.24. The first-order valence-electron chi connectivity index (χ1n) is 11.1. The molecule has 9 nitrogen and oxygen atoms in total. The number of alkyl halides is 3. The molecule has 13 heteroatoms. The van der Waals surface area contributed by atoms with Crippen LogP contribution in [0.4, 0.5) is 18.0 Å². The van der Waals surface area contributed by atoms with E-state index in [-0.39, 0.29) is 6.42 Å². The third kappa shape index (κ3) is 6.72. The molecule has 0 aliphatic carbocycles. The van der Waals surface area contributed by atoms with Crippen LogP contribution in [0.5, 0.6) is 5.75 Å². The van der Waals surface area contributed by atoms with Crippen LogP contribution in [0, 0.1) is 0 Å². The lowest BCUT2D eigenvalue weighted by atomic mass is 10.00. The van der Waals surface area contributed by atoms with Gasteiger partial charge in [-0.2, -0.15) is 21.6 Å². The van der Waals surface area contributed by atoms with Crippen LogP contribution < -0.4 is 9.46 Å². The summed E-state index contributed by atoms with van der Waals surface area (Å²) < 4.78 is 79.8. The molecule has 3 rings (SSSR count). The lowest BCUT2D eigenvalue weighted by Gasteiger charge is -2.31. The second-order valence-corrected chi connectivity index (χ2v) is 10.9. The summed E-state index contributed by atoms with van der Waals surface area (Å²) in [4.78, 5) is 27.4. The zero-order valence-corrected chi connectivity index (χ0v) is 21.3. The van der Waals surface area contributed by atoms with E-state index in [0.29, 0.717) is 16.9 Å². The van der Waals surface area contributed by atoms with Gasteiger partial charge in [0.1, 0.15) is 11.4 Å². The predicted molar refractivity (Wildman–Crippen MR) is 126 cm³/mol. The smallest absolute Gasteiger partial charge is 0.497 e. The Labute approximate surface area is 212 Å². The highest BCUT2D eigenvalue weighted by molar-refractivity contribution is 7.90. The number of halogens is 3. The SMILES string of the molecule is COc1ccc(C2O[C@H](C(=O)NS(=O)(=O)C(F)(F)F)[C@H](Cc3ccccc3)N2C(=O)OC(C)(C)C)cc1. The van der Waals surface area contributed by atoms with Crippen molar-refractivity contribution in [3.05, 3.63) is 65.7 Å². The Balaban J connectivity index is 2.08. The normalized spacial score (nSPS) is 20.4. The van der Waals surface area contributed by atoms with Crippen LogP contribution in [0.15, 0.2) is 54.6 Å². The molecule has 2 amide bonds. The standard InChI is InChI=1S/C24H27F3N2O7S/c1-23(2,3)36-22(31)29-18(14-15-8-6-5-7-9-15)19(20(30)28-37(32,33)24(25,26)27)35-21(29)16-10-12-17(34-4)13-11-16/h5-13,18-19,21H,14H2,1-4H3,(H,28,30)/t18-,19-,21?/m0/s1. The van der Waals surface area contributed by atoms with Gasteiger partial charge in [0, 0.05) is 5.56 Å². The quantitative estimate of drug-likeness (QED) is 0.587. The van der Waals surface area contributed by atoms with E-state index < -0.39 is 51.5 Å². The van der Waals surface area contributed by atoms with Gasteiger partial charge < -0.3 is 14.2 Å². The maximum Gasteiger partial charge on any atom is 0.516 e. The van der Waals surface area contributed by atoms with Gasteiger partial charge in [-0.25, -0.2) is 9.52 Å². The maximum absolute atomic E-state index is 13.4. The summed E-state index contributed by atoms with van der Waals surface area (Å²) in [5.74, 6) is -1.08. The largest absolute Gasteiger partial charge is 0.516 e. The third-order valence-corrected chi connectivity index (χ3v) is 6.41. The van der Waals surface area contributed by atoms with Gasteiger partial charge in [0.2, 0.25) is 0 Å². The van der Waals surface area contributed by atoms with E-state index in [1.54, 1.807) is 75.4 Å². The number of benzene rings is 2. The van der Waals surface area contributed by atoms with Gasteiger partial charge in [-0.3, -0.25) is 9.69 Å². The van der Waals surface area contributed by atoms with Crippen LogP contribution in [-0.2, 0) is 30.7 Å². The van der Waals surface area contributed by atoms with Crippen molar-refractivity contribution in [2.75, 3.05) is 7.11 Å². The molecule has 202 valence electrons. The van der Waals surface area contributed by atoms with Crippen LogP contribution in [0.25, 0.3) is 0 Å². The third-order valence-electron chi connectivity index (χ3n) is 5.33. The van der Waals surface area contributed by atoms with E-state index in [9.17, 15) is 31.2 Å². The first-order valence-corrected chi connectivity index (χ1v) is 12.6. The molecule has 37 heavy (non-hydrogen) atoms. The molecule has 0 aromatic heterocycles. The molecular formula is C24H27F3N2O7S. The van der Waals surface area contributed by atoms with Crippen molar-refractivity contribution in [3.63, 3.8) is 0 Å². The number of hydrogen-bond acceptors (Lipinski definition) is 7. The number of sulfonamides is 1. The Morgan fingerprint density at radius 3 is 2.14 bits per heavy atom. The lowest BCUT2D eigenvalue weighted by molar-refractivity contribution is -0.131. The number of carbonyl (C=O) groups is 2. The van der Waals surface area contributed by atoms with Crippen molar-refractivity contribution in [2.45, 2.75) is 56.7 Å². The van der Waals surface area contributed by atoms with Crippen LogP contribution in [0.1, 0.15) is 38.1 Å². The number of nitrogens with one attached hydrogen (secondary N) is 1. The predicted octanol–water partition coefficient (Wildman–Crippen LogP) is 3.91. The minimum absolute atomic E-state index is 0.0448. The molecule has 1 saturated heterocycles. The Morgan fingerprint density at radius 2 is 1.62 bits per heavy atom. The number of nitrogens with zero attached hydrogens (tertiary/aromatic N) is 1. The number of hydrogen-bond donors (Lipinski definition) is 1. The number of rotatable bonds is 6. The van der Waals surface area contributed by atoms with Crippen molar-refractivity contribution >= 4 is 22.0 Å². The molecule has 1 N–H and O–H groups in total. The molecule has 1 aliphatic rings. The Bertz CT molecular complexity index is 1210. The molecule has 1 fully saturated rings. The summed E-state index contributed by atoms with van der Waals surface area (Å²) in [5.41, 5.74) is -5.70. The molecule has 0 bridgehead atoms. The summed E-state index contributed by atoms with van der Waals surface area (Å²) >= 11 is 0. The van der Waals surface area contributed by atoms with Crippen molar-refractivity contribution < 1.29 is 45.4 Å². The van der Waals surface area contributed by atoms with E-state index in [0.717, 1.165) is 9.62 Å². The van der Waals surface area contributed by atoms with E-state index >= 15 is 0 Å². The van der Waals surface area contributed by atoms with E-state index in [1.165, 1.54) is 7.11 Å². The van der Waals surface area contributed by atoms with Gasteiger partial charge >= 0.3 is 21.6 Å². The average molecular weight is 545 g/mol. The molecule has 0 radical (unpaired) electrons. The molecule has 1 aliphatic heterocycles. The Kier molecular flexibility index (Phi) is 8.08. The topological polar surface area (TPSA) is 111 Å². The number of amides is 2. The van der Waals surface area contributed by atoms with Crippen LogP contribution >= 0.6 is 0 Å². The van der Waals surface area contributed by atoms with Crippen molar-refractivity contribution in [3.8, 4) is 5.75 Å². The fraction of sp³-hybridized carbons (Fsp3) is 0.417. The molecule has 0 saturated carbocycles. The van der Waals surface area contributed by atoms with Gasteiger partial charge in [-0.15, -0.1) is 0 Å². The summed E-state index contributed by atoms with van der Waals surface area (Å²) in [6, 6.07) is 13.5. The number of ether oxygens (including phenoxy) is 3. The van der Waals surface area contributed by atoms with Crippen molar-refractivity contribution in [1.29, 1.82) is 0 Å². The van der Waals surface area contributed by atoms with Crippen LogP contribution in [0.2, 0.25) is 0 Å². The summed E-state index contributed by atoms with van der Waals surface area (Å²) in [5, 5.41) is 0. The molecule has 0 spiro atoms. The van der Waals surface area contributed by atoms with Gasteiger partial charge in [-0.05, 0) is 44.9 Å². The average Bonchev–Trinajstić information content (AvgIpc) is 3.17. The molecular weight excluding hydrogens is 517 g/mol. The number of carbonyl (C=O) groups excluding carboxylic acids is 2. The summed E-state index contributed by atoms with van der Waals surface area (Å²) in [7, 11) is -4.57. The highest BCUT2D eigenvalue weighted by Gasteiger charge is 2.53. The van der Waals surface area contributed by atoms with Gasteiger partial charge in [0.25, 0.3) is 5.91 Å². The Hall–Kier alpha value is -3.32. The van der Waals surface area contributed by atoms with Crippen LogP contribution in [-0.4, -0.2) is 55.7 Å². The van der Waals surface area contributed by atoms with Crippen molar-refractivity contribution in [2.24, 2.45) is 0 Å². The van der Waals surface area contributed by atoms with E-state index in [2.05, 4.69) is 0 Å². The fourth-order valence-corrected chi connectivity index (χ4v) is 4.21. The van der Waals surface area contributed by atoms with Gasteiger partial charge in [0.05, 0.1) is 13.2 Å². The van der Waals surface area contributed by atoms with Crippen molar-refractivity contribution in [1.82, 2.24) is 9.62 Å². The second kappa shape index (κ2) is 10.6. The minimum atomic E-state index is -6.02. The molecule has 2 aromatic carbocycles. The molecule has 3 atom stereocenters.